The number of anilines is 3. The van der Waals surface area contributed by atoms with Crippen molar-refractivity contribution in [1.82, 2.24) is 19.9 Å². The molecule has 0 amide bonds. The quantitative estimate of drug-likeness (QED) is 0.522. The summed E-state index contributed by atoms with van der Waals surface area (Å²) >= 11 is 0. The Bertz CT molecular complexity index is 940. The van der Waals surface area contributed by atoms with Gasteiger partial charge in [-0.05, 0) is 44.2 Å². The SMILES string of the molecule is Cc1cc(C)nc(Oc2ccc(Nc3ncnc(N)c3[N+](=O)[O-])cc2)n1. The lowest BCUT2D eigenvalue weighted by Gasteiger charge is -2.08. The van der Waals surface area contributed by atoms with E-state index in [0.717, 1.165) is 17.7 Å². The molecule has 10 nitrogen and oxygen atoms in total. The fourth-order valence-electron chi connectivity index (χ4n) is 2.25. The van der Waals surface area contributed by atoms with Crippen LogP contribution < -0.4 is 15.8 Å². The second kappa shape index (κ2) is 6.97. The molecule has 0 fully saturated rings. The lowest BCUT2D eigenvalue weighted by Crippen LogP contribution is -2.05. The fraction of sp³-hybridized carbons (Fsp3) is 0.125. The van der Waals surface area contributed by atoms with Crippen molar-refractivity contribution >= 4 is 23.0 Å². The predicted molar refractivity (Wildman–Crippen MR) is 94.4 cm³/mol. The van der Waals surface area contributed by atoms with E-state index in [4.69, 9.17) is 10.5 Å². The minimum atomic E-state index is -0.632. The van der Waals surface area contributed by atoms with Crippen LogP contribution >= 0.6 is 0 Å². The third-order valence-corrected chi connectivity index (χ3v) is 3.32. The molecule has 2 heterocycles. The molecule has 0 aliphatic carbocycles. The molecule has 0 unspecified atom stereocenters. The maximum Gasteiger partial charge on any atom is 0.353 e. The Morgan fingerprint density at radius 3 is 2.38 bits per heavy atom. The van der Waals surface area contributed by atoms with Crippen LogP contribution in [0.2, 0.25) is 0 Å². The van der Waals surface area contributed by atoms with Gasteiger partial charge >= 0.3 is 11.7 Å². The summed E-state index contributed by atoms with van der Waals surface area (Å²) in [5.74, 6) is 0.325. The van der Waals surface area contributed by atoms with E-state index in [2.05, 4.69) is 25.3 Å². The van der Waals surface area contributed by atoms with Crippen molar-refractivity contribution in [1.29, 1.82) is 0 Å². The Labute approximate surface area is 148 Å². The van der Waals surface area contributed by atoms with Crippen LogP contribution in [0.25, 0.3) is 0 Å². The van der Waals surface area contributed by atoms with Crippen molar-refractivity contribution in [2.45, 2.75) is 13.8 Å². The summed E-state index contributed by atoms with van der Waals surface area (Å²) in [6, 6.07) is 8.82. The van der Waals surface area contributed by atoms with Crippen LogP contribution in [0.1, 0.15) is 11.4 Å². The number of aromatic nitrogens is 4. The van der Waals surface area contributed by atoms with Gasteiger partial charge in [0.1, 0.15) is 12.1 Å². The summed E-state index contributed by atoms with van der Waals surface area (Å²) in [5, 5.41) is 14.0. The average molecular weight is 353 g/mol. The largest absolute Gasteiger partial charge is 0.424 e. The van der Waals surface area contributed by atoms with E-state index in [1.165, 1.54) is 0 Å². The average Bonchev–Trinajstić information content (AvgIpc) is 2.55. The molecule has 132 valence electrons. The lowest BCUT2D eigenvalue weighted by atomic mass is 10.3. The van der Waals surface area contributed by atoms with Crippen LogP contribution in [0.4, 0.5) is 23.0 Å². The van der Waals surface area contributed by atoms with Crippen molar-refractivity contribution in [3.05, 3.63) is 58.2 Å². The first kappa shape index (κ1) is 17.0. The molecule has 3 N–H and O–H groups in total. The van der Waals surface area contributed by atoms with Gasteiger partial charge in [-0.1, -0.05) is 0 Å². The normalized spacial score (nSPS) is 10.4. The molecule has 10 heteroatoms. The Hall–Kier alpha value is -3.82. The maximum atomic E-state index is 11.1. The second-order valence-corrected chi connectivity index (χ2v) is 5.40. The molecule has 0 saturated heterocycles. The first-order valence-corrected chi connectivity index (χ1v) is 7.54. The van der Waals surface area contributed by atoms with Gasteiger partial charge in [0.05, 0.1) is 4.92 Å². The molecule has 26 heavy (non-hydrogen) atoms. The summed E-state index contributed by atoms with van der Waals surface area (Å²) in [7, 11) is 0. The number of nitrogens with zero attached hydrogens (tertiary/aromatic N) is 5. The van der Waals surface area contributed by atoms with Crippen LogP contribution in [-0.4, -0.2) is 24.9 Å². The summed E-state index contributed by atoms with van der Waals surface area (Å²) in [6.07, 6.45) is 1.15. The van der Waals surface area contributed by atoms with Crippen LogP contribution in [-0.2, 0) is 0 Å². The molecule has 2 aromatic heterocycles. The lowest BCUT2D eigenvalue weighted by molar-refractivity contribution is -0.383. The number of nitrogens with one attached hydrogen (secondary N) is 1. The molecule has 3 rings (SSSR count). The highest BCUT2D eigenvalue weighted by atomic mass is 16.6. The van der Waals surface area contributed by atoms with Crippen LogP contribution in [0.5, 0.6) is 11.8 Å². The number of nitrogen functional groups attached to an aromatic ring is 1. The van der Waals surface area contributed by atoms with Gasteiger partial charge in [-0.2, -0.15) is 0 Å². The standard InChI is InChI=1S/C16H15N7O3/c1-9-7-10(2)21-16(20-9)26-12-5-3-11(4-6-12)22-15-13(23(24)25)14(17)18-8-19-15/h3-8H,1-2H3,(H3,17,18,19,22). The van der Waals surface area contributed by atoms with Gasteiger partial charge in [0, 0.05) is 17.1 Å². The van der Waals surface area contributed by atoms with Crippen LogP contribution in [0, 0.1) is 24.0 Å². The van der Waals surface area contributed by atoms with E-state index < -0.39 is 4.92 Å². The van der Waals surface area contributed by atoms with Gasteiger partial charge < -0.3 is 15.8 Å². The van der Waals surface area contributed by atoms with Gasteiger partial charge in [0.25, 0.3) is 0 Å². The van der Waals surface area contributed by atoms with Gasteiger partial charge in [0.2, 0.25) is 11.6 Å². The molecule has 0 spiro atoms. The van der Waals surface area contributed by atoms with Crippen molar-refractivity contribution in [2.75, 3.05) is 11.1 Å². The first-order chi connectivity index (χ1) is 12.4. The minimum Gasteiger partial charge on any atom is -0.424 e. The summed E-state index contributed by atoms with van der Waals surface area (Å²) < 4.78 is 5.62. The minimum absolute atomic E-state index is 0.00816. The zero-order valence-corrected chi connectivity index (χ0v) is 14.0. The van der Waals surface area contributed by atoms with Crippen LogP contribution in [0.3, 0.4) is 0 Å². The molecule has 0 atom stereocenters. The van der Waals surface area contributed by atoms with Gasteiger partial charge in [-0.3, -0.25) is 10.1 Å². The van der Waals surface area contributed by atoms with E-state index in [0.29, 0.717) is 11.4 Å². The Morgan fingerprint density at radius 1 is 1.12 bits per heavy atom. The monoisotopic (exact) mass is 353 g/mol. The highest BCUT2D eigenvalue weighted by molar-refractivity contribution is 5.72. The third kappa shape index (κ3) is 3.80. The Balaban J connectivity index is 1.78. The van der Waals surface area contributed by atoms with E-state index in [1.807, 2.05) is 19.9 Å². The molecular weight excluding hydrogens is 338 g/mol. The smallest absolute Gasteiger partial charge is 0.353 e. The van der Waals surface area contributed by atoms with Crippen molar-refractivity contribution < 1.29 is 9.66 Å². The molecule has 0 aliphatic heterocycles. The van der Waals surface area contributed by atoms with E-state index in [-0.39, 0.29) is 23.3 Å². The van der Waals surface area contributed by atoms with E-state index >= 15 is 0 Å². The number of hydrogen-bond donors (Lipinski definition) is 2. The van der Waals surface area contributed by atoms with Gasteiger partial charge in [0.15, 0.2) is 0 Å². The number of rotatable bonds is 5. The van der Waals surface area contributed by atoms with E-state index in [9.17, 15) is 10.1 Å². The number of nitro groups is 1. The summed E-state index contributed by atoms with van der Waals surface area (Å²) in [6.45, 7) is 3.71. The topological polar surface area (TPSA) is 142 Å². The first-order valence-electron chi connectivity index (χ1n) is 7.54. The molecule has 0 saturated carbocycles. The summed E-state index contributed by atoms with van der Waals surface area (Å²) in [5.41, 5.74) is 7.34. The molecule has 0 bridgehead atoms. The number of nitrogens with two attached hydrogens (primary N) is 1. The molecular formula is C16H15N7O3. The van der Waals surface area contributed by atoms with Crippen molar-refractivity contribution in [3.63, 3.8) is 0 Å². The van der Waals surface area contributed by atoms with E-state index in [1.54, 1.807) is 24.3 Å². The number of ether oxygens (including phenoxy) is 1. The fourth-order valence-corrected chi connectivity index (χ4v) is 2.25. The Morgan fingerprint density at radius 2 is 1.77 bits per heavy atom. The van der Waals surface area contributed by atoms with Gasteiger partial charge in [-0.15, -0.1) is 0 Å². The number of benzene rings is 1. The number of hydrogen-bond acceptors (Lipinski definition) is 9. The van der Waals surface area contributed by atoms with Gasteiger partial charge in [-0.25, -0.2) is 19.9 Å². The third-order valence-electron chi connectivity index (χ3n) is 3.32. The highest BCUT2D eigenvalue weighted by Crippen LogP contribution is 2.30. The number of aryl methyl sites for hydroxylation is 2. The van der Waals surface area contributed by atoms with Crippen molar-refractivity contribution in [3.8, 4) is 11.8 Å². The predicted octanol–water partition coefficient (Wildman–Crippen LogP) is 2.91. The second-order valence-electron chi connectivity index (χ2n) is 5.40. The van der Waals surface area contributed by atoms with Crippen LogP contribution in [0.15, 0.2) is 36.7 Å². The molecule has 3 aromatic rings. The molecule has 1 aromatic carbocycles. The Kier molecular flexibility index (Phi) is 4.56. The molecule has 0 aliphatic rings. The highest BCUT2D eigenvalue weighted by Gasteiger charge is 2.20. The molecule has 0 radical (unpaired) electrons. The van der Waals surface area contributed by atoms with Crippen molar-refractivity contribution in [2.24, 2.45) is 0 Å². The zero-order chi connectivity index (χ0) is 18.7. The maximum absolute atomic E-state index is 11.1. The summed E-state index contributed by atoms with van der Waals surface area (Å²) in [4.78, 5) is 26.4. The zero-order valence-electron chi connectivity index (χ0n) is 14.0.